The highest BCUT2D eigenvalue weighted by molar-refractivity contribution is 5.81. The Kier molecular flexibility index (Phi) is 4.01. The quantitative estimate of drug-likeness (QED) is 0.604. The van der Waals surface area contributed by atoms with Crippen molar-refractivity contribution in [3.05, 3.63) is 28.6 Å². The normalized spacial score (nSPS) is 12.5. The lowest BCUT2D eigenvalue weighted by atomic mass is 10.2. The molecule has 102 valence electrons. The Morgan fingerprint density at radius 3 is 3.05 bits per heavy atom. The van der Waals surface area contributed by atoms with Crippen LogP contribution in [0.2, 0.25) is 0 Å². The average Bonchev–Trinajstić information content (AvgIpc) is 2.37. The van der Waals surface area contributed by atoms with Crippen LogP contribution in [0.15, 0.2) is 23.0 Å². The summed E-state index contributed by atoms with van der Waals surface area (Å²) in [7, 11) is 0. The summed E-state index contributed by atoms with van der Waals surface area (Å²) in [5, 5.41) is 12.4. The highest BCUT2D eigenvalue weighted by Gasteiger charge is 2.07. The number of aromatic nitrogens is 2. The minimum atomic E-state index is -0.214. The van der Waals surface area contributed by atoms with E-state index >= 15 is 0 Å². The van der Waals surface area contributed by atoms with Crippen molar-refractivity contribution in [2.24, 2.45) is 0 Å². The number of nitrogens with two attached hydrogens (primary N) is 1. The Labute approximate surface area is 110 Å². The second-order valence-corrected chi connectivity index (χ2v) is 4.60. The summed E-state index contributed by atoms with van der Waals surface area (Å²) in [6, 6.07) is 5.18. The minimum Gasteiger partial charge on any atom is -0.399 e. The third-order valence-corrected chi connectivity index (χ3v) is 2.91. The van der Waals surface area contributed by atoms with Crippen molar-refractivity contribution in [1.29, 1.82) is 0 Å². The van der Waals surface area contributed by atoms with Gasteiger partial charge in [-0.1, -0.05) is 0 Å². The Hall–Kier alpha value is -2.08. The lowest BCUT2D eigenvalue weighted by Gasteiger charge is -2.13. The van der Waals surface area contributed by atoms with Gasteiger partial charge in [-0.2, -0.15) is 0 Å². The van der Waals surface area contributed by atoms with E-state index in [0.717, 1.165) is 6.42 Å². The second kappa shape index (κ2) is 5.71. The standard InChI is InChI=1S/C13H18N4O2/c1-8(3-2-6-18)15-13-16-11-5-4-9(14)7-10(11)12(19)17-13/h4-5,7-8,18H,2-3,6,14H2,1H3,(H2,15,16,17,19). The predicted octanol–water partition coefficient (Wildman–Crippen LogP) is 1.08. The number of aliphatic hydroxyl groups excluding tert-OH is 1. The summed E-state index contributed by atoms with van der Waals surface area (Å²) in [6.07, 6.45) is 1.52. The van der Waals surface area contributed by atoms with Gasteiger partial charge in [0.05, 0.1) is 10.9 Å². The molecule has 5 N–H and O–H groups in total. The molecular weight excluding hydrogens is 244 g/mol. The van der Waals surface area contributed by atoms with Crippen molar-refractivity contribution in [3.8, 4) is 0 Å². The van der Waals surface area contributed by atoms with Gasteiger partial charge in [0, 0.05) is 18.3 Å². The van der Waals surface area contributed by atoms with Gasteiger partial charge in [-0.15, -0.1) is 0 Å². The van der Waals surface area contributed by atoms with E-state index in [0.29, 0.717) is 29.0 Å². The third-order valence-electron chi connectivity index (χ3n) is 2.91. The summed E-state index contributed by atoms with van der Waals surface area (Å²) in [4.78, 5) is 18.9. The van der Waals surface area contributed by atoms with Gasteiger partial charge >= 0.3 is 0 Å². The SMILES string of the molecule is CC(CCCO)Nc1nc2ccc(N)cc2c(=O)[nH]1. The van der Waals surface area contributed by atoms with E-state index in [1.807, 2.05) is 6.92 Å². The van der Waals surface area contributed by atoms with Gasteiger partial charge in [0.1, 0.15) is 0 Å². The van der Waals surface area contributed by atoms with Crippen LogP contribution in [0.3, 0.4) is 0 Å². The molecule has 0 saturated heterocycles. The summed E-state index contributed by atoms with van der Waals surface area (Å²) >= 11 is 0. The van der Waals surface area contributed by atoms with Crippen molar-refractivity contribution in [1.82, 2.24) is 9.97 Å². The first-order chi connectivity index (χ1) is 9.10. The Morgan fingerprint density at radius 1 is 1.53 bits per heavy atom. The van der Waals surface area contributed by atoms with Gasteiger partial charge in [-0.3, -0.25) is 9.78 Å². The van der Waals surface area contributed by atoms with Gasteiger partial charge in [-0.25, -0.2) is 4.98 Å². The summed E-state index contributed by atoms with van der Waals surface area (Å²) in [5.41, 5.74) is 6.58. The molecule has 2 rings (SSSR count). The number of H-pyrrole nitrogens is 1. The number of hydrogen-bond acceptors (Lipinski definition) is 5. The van der Waals surface area contributed by atoms with Crippen molar-refractivity contribution in [2.75, 3.05) is 17.7 Å². The molecule has 0 amide bonds. The lowest BCUT2D eigenvalue weighted by molar-refractivity contribution is 0.282. The van der Waals surface area contributed by atoms with Crippen molar-refractivity contribution in [2.45, 2.75) is 25.8 Å². The third kappa shape index (κ3) is 3.23. The van der Waals surface area contributed by atoms with E-state index in [-0.39, 0.29) is 18.2 Å². The molecule has 0 aliphatic rings. The van der Waals surface area contributed by atoms with Crippen LogP contribution in [-0.4, -0.2) is 27.7 Å². The first kappa shape index (κ1) is 13.4. The predicted molar refractivity (Wildman–Crippen MR) is 76.2 cm³/mol. The molecule has 0 aliphatic heterocycles. The molecule has 1 aromatic heterocycles. The Balaban J connectivity index is 2.26. The molecule has 0 aliphatic carbocycles. The van der Waals surface area contributed by atoms with Crippen LogP contribution < -0.4 is 16.6 Å². The molecule has 1 unspecified atom stereocenters. The first-order valence-corrected chi connectivity index (χ1v) is 6.27. The molecule has 0 spiro atoms. The highest BCUT2D eigenvalue weighted by atomic mass is 16.2. The molecule has 19 heavy (non-hydrogen) atoms. The fourth-order valence-electron chi connectivity index (χ4n) is 1.93. The molecule has 0 saturated carbocycles. The maximum Gasteiger partial charge on any atom is 0.260 e. The van der Waals surface area contributed by atoms with Gasteiger partial charge in [0.2, 0.25) is 5.95 Å². The Bertz CT molecular complexity index is 624. The number of rotatable bonds is 5. The van der Waals surface area contributed by atoms with Gasteiger partial charge < -0.3 is 16.2 Å². The molecule has 6 heteroatoms. The van der Waals surface area contributed by atoms with E-state index in [2.05, 4.69) is 15.3 Å². The number of fused-ring (bicyclic) bond motifs is 1. The van der Waals surface area contributed by atoms with Crippen molar-refractivity contribution < 1.29 is 5.11 Å². The molecule has 1 heterocycles. The fourth-order valence-corrected chi connectivity index (χ4v) is 1.93. The van der Waals surface area contributed by atoms with Crippen molar-refractivity contribution in [3.63, 3.8) is 0 Å². The van der Waals surface area contributed by atoms with Gasteiger partial charge in [0.25, 0.3) is 5.56 Å². The number of nitrogens with zero attached hydrogens (tertiary/aromatic N) is 1. The minimum absolute atomic E-state index is 0.126. The zero-order valence-corrected chi connectivity index (χ0v) is 10.8. The van der Waals surface area contributed by atoms with Crippen LogP contribution >= 0.6 is 0 Å². The molecule has 0 fully saturated rings. The van der Waals surface area contributed by atoms with E-state index in [4.69, 9.17) is 10.8 Å². The van der Waals surface area contributed by atoms with Crippen molar-refractivity contribution >= 4 is 22.5 Å². The van der Waals surface area contributed by atoms with E-state index in [1.165, 1.54) is 0 Å². The van der Waals surface area contributed by atoms with Crippen LogP contribution in [0.25, 0.3) is 10.9 Å². The highest BCUT2D eigenvalue weighted by Crippen LogP contribution is 2.13. The van der Waals surface area contributed by atoms with Crippen LogP contribution in [0, 0.1) is 0 Å². The molecule has 0 bridgehead atoms. The zero-order valence-electron chi connectivity index (χ0n) is 10.8. The van der Waals surface area contributed by atoms with E-state index in [9.17, 15) is 4.79 Å². The molecular formula is C13H18N4O2. The number of aromatic amines is 1. The number of nitrogens with one attached hydrogen (secondary N) is 2. The smallest absolute Gasteiger partial charge is 0.260 e. The van der Waals surface area contributed by atoms with Crippen LogP contribution in [0.1, 0.15) is 19.8 Å². The van der Waals surface area contributed by atoms with Gasteiger partial charge in [0.15, 0.2) is 0 Å². The Morgan fingerprint density at radius 2 is 2.32 bits per heavy atom. The molecule has 2 aromatic rings. The second-order valence-electron chi connectivity index (χ2n) is 4.60. The number of benzene rings is 1. The maximum absolute atomic E-state index is 11.9. The van der Waals surface area contributed by atoms with Crippen LogP contribution in [-0.2, 0) is 0 Å². The number of anilines is 2. The van der Waals surface area contributed by atoms with E-state index < -0.39 is 0 Å². The summed E-state index contributed by atoms with van der Waals surface area (Å²) < 4.78 is 0. The summed E-state index contributed by atoms with van der Waals surface area (Å²) in [5.74, 6) is 0.438. The topological polar surface area (TPSA) is 104 Å². The molecule has 6 nitrogen and oxygen atoms in total. The molecule has 0 radical (unpaired) electrons. The lowest BCUT2D eigenvalue weighted by Crippen LogP contribution is -2.20. The maximum atomic E-state index is 11.9. The monoisotopic (exact) mass is 262 g/mol. The number of aliphatic hydroxyl groups is 1. The van der Waals surface area contributed by atoms with Crippen LogP contribution in [0.5, 0.6) is 0 Å². The largest absolute Gasteiger partial charge is 0.399 e. The van der Waals surface area contributed by atoms with Crippen LogP contribution in [0.4, 0.5) is 11.6 Å². The van der Waals surface area contributed by atoms with E-state index in [1.54, 1.807) is 18.2 Å². The first-order valence-electron chi connectivity index (χ1n) is 6.27. The summed E-state index contributed by atoms with van der Waals surface area (Å²) in [6.45, 7) is 2.13. The number of nitrogen functional groups attached to an aromatic ring is 1. The zero-order chi connectivity index (χ0) is 13.8. The fraction of sp³-hybridized carbons (Fsp3) is 0.385. The average molecular weight is 262 g/mol. The van der Waals surface area contributed by atoms with Gasteiger partial charge in [-0.05, 0) is 38.0 Å². The molecule has 1 aromatic carbocycles. The number of hydrogen-bond donors (Lipinski definition) is 4. The molecule has 1 atom stereocenters.